The van der Waals surface area contributed by atoms with E-state index in [2.05, 4.69) is 70.2 Å². The lowest BCUT2D eigenvalue weighted by Crippen LogP contribution is -2.03. The molecule has 2 rings (SSSR count). The van der Waals surface area contributed by atoms with Crippen LogP contribution in [0.25, 0.3) is 11.4 Å². The molecule has 1 heterocycles. The fourth-order valence-corrected chi connectivity index (χ4v) is 2.78. The third-order valence-electron chi connectivity index (χ3n) is 2.97. The van der Waals surface area contributed by atoms with E-state index >= 15 is 0 Å². The minimum atomic E-state index is 0.774. The van der Waals surface area contributed by atoms with Crippen molar-refractivity contribution >= 4 is 21.7 Å². The minimum Gasteiger partial charge on any atom is -0.372 e. The summed E-state index contributed by atoms with van der Waals surface area (Å²) in [5.41, 5.74) is 4.54. The average Bonchev–Trinajstić information content (AvgIpc) is 2.37. The lowest BCUT2D eigenvalue weighted by Gasteiger charge is -2.11. The first-order valence-corrected chi connectivity index (χ1v) is 7.17. The van der Waals surface area contributed by atoms with E-state index in [0.717, 1.165) is 33.8 Å². The van der Waals surface area contributed by atoms with Crippen LogP contribution in [0.1, 0.15) is 23.7 Å². The van der Waals surface area contributed by atoms with Crippen molar-refractivity contribution in [1.82, 2.24) is 9.97 Å². The molecule has 3 nitrogen and oxygen atoms in total. The topological polar surface area (TPSA) is 37.8 Å². The van der Waals surface area contributed by atoms with Gasteiger partial charge in [-0.05, 0) is 48.3 Å². The number of aromatic nitrogens is 2. The molecule has 2 aromatic rings. The zero-order chi connectivity index (χ0) is 14.0. The Balaban J connectivity index is 2.61. The van der Waals surface area contributed by atoms with Crippen LogP contribution in [-0.4, -0.2) is 17.0 Å². The summed E-state index contributed by atoms with van der Waals surface area (Å²) in [5.74, 6) is 1.61. The second-order valence-electron chi connectivity index (χ2n) is 4.64. The first-order chi connectivity index (χ1) is 9.05. The number of halogens is 1. The van der Waals surface area contributed by atoms with Gasteiger partial charge in [-0.15, -0.1) is 0 Å². The summed E-state index contributed by atoms with van der Waals surface area (Å²) in [6, 6.07) is 6.40. The molecule has 0 atom stereocenters. The Hall–Kier alpha value is -1.42. The van der Waals surface area contributed by atoms with Crippen LogP contribution in [0, 0.1) is 13.8 Å². The Morgan fingerprint density at radius 3 is 2.26 bits per heavy atom. The predicted octanol–water partition coefficient (Wildman–Crippen LogP) is 4.13. The van der Waals surface area contributed by atoms with Crippen LogP contribution in [0.15, 0.2) is 22.7 Å². The summed E-state index contributed by atoms with van der Waals surface area (Å²) in [4.78, 5) is 9.24. The average molecular weight is 320 g/mol. The molecule has 0 aliphatic rings. The Morgan fingerprint density at radius 2 is 1.74 bits per heavy atom. The molecular weight excluding hydrogens is 302 g/mol. The largest absolute Gasteiger partial charge is 0.372 e. The molecule has 0 spiro atoms. The lowest BCUT2D eigenvalue weighted by molar-refractivity contribution is 0.991. The van der Waals surface area contributed by atoms with Crippen LogP contribution in [0.3, 0.4) is 0 Å². The number of rotatable bonds is 3. The molecule has 0 saturated heterocycles. The summed E-state index contributed by atoms with van der Waals surface area (Å²) in [6.07, 6.45) is 0.871. The Morgan fingerprint density at radius 1 is 1.11 bits per heavy atom. The smallest absolute Gasteiger partial charge is 0.161 e. The van der Waals surface area contributed by atoms with Crippen LogP contribution in [-0.2, 0) is 6.42 Å². The van der Waals surface area contributed by atoms with E-state index in [9.17, 15) is 0 Å². The Labute approximate surface area is 122 Å². The van der Waals surface area contributed by atoms with Crippen LogP contribution in [0.4, 0.5) is 5.82 Å². The van der Waals surface area contributed by atoms with Crippen molar-refractivity contribution in [2.45, 2.75) is 27.2 Å². The van der Waals surface area contributed by atoms with Gasteiger partial charge >= 0.3 is 0 Å². The zero-order valence-corrected chi connectivity index (χ0v) is 13.3. The van der Waals surface area contributed by atoms with E-state index < -0.39 is 0 Å². The molecule has 0 radical (unpaired) electrons. The van der Waals surface area contributed by atoms with Crippen LogP contribution >= 0.6 is 15.9 Å². The summed E-state index contributed by atoms with van der Waals surface area (Å²) in [7, 11) is 1.87. The predicted molar refractivity (Wildman–Crippen MR) is 83.6 cm³/mol. The van der Waals surface area contributed by atoms with E-state index in [1.165, 1.54) is 11.1 Å². The van der Waals surface area contributed by atoms with Gasteiger partial charge in [0.1, 0.15) is 5.82 Å². The van der Waals surface area contributed by atoms with Crippen molar-refractivity contribution in [3.8, 4) is 11.4 Å². The first-order valence-electron chi connectivity index (χ1n) is 6.38. The van der Waals surface area contributed by atoms with Crippen LogP contribution < -0.4 is 5.32 Å². The molecule has 100 valence electrons. The van der Waals surface area contributed by atoms with Gasteiger partial charge in [-0.3, -0.25) is 0 Å². The van der Waals surface area contributed by atoms with Gasteiger partial charge in [-0.1, -0.05) is 24.1 Å². The van der Waals surface area contributed by atoms with E-state index in [1.54, 1.807) is 0 Å². The quantitative estimate of drug-likeness (QED) is 0.924. The van der Waals surface area contributed by atoms with E-state index in [1.807, 2.05) is 7.05 Å². The van der Waals surface area contributed by atoms with Gasteiger partial charge in [0, 0.05) is 12.6 Å². The summed E-state index contributed by atoms with van der Waals surface area (Å²) < 4.78 is 0.950. The highest BCUT2D eigenvalue weighted by atomic mass is 79.9. The van der Waals surface area contributed by atoms with E-state index in [0.29, 0.717) is 0 Å². The number of anilines is 1. The molecule has 0 saturated carbocycles. The van der Waals surface area contributed by atoms with Gasteiger partial charge in [0.25, 0.3) is 0 Å². The monoisotopic (exact) mass is 319 g/mol. The molecule has 1 N–H and O–H groups in total. The van der Waals surface area contributed by atoms with Gasteiger partial charge in [-0.2, -0.15) is 0 Å². The molecule has 1 aromatic carbocycles. The van der Waals surface area contributed by atoms with E-state index in [-0.39, 0.29) is 0 Å². The number of benzene rings is 1. The second-order valence-corrected chi connectivity index (χ2v) is 5.43. The fourth-order valence-electron chi connectivity index (χ4n) is 2.13. The highest BCUT2D eigenvalue weighted by molar-refractivity contribution is 9.10. The maximum Gasteiger partial charge on any atom is 0.161 e. The lowest BCUT2D eigenvalue weighted by atomic mass is 10.1. The SMILES string of the molecule is CCc1nc(-c2cc(C)cc(C)c2)nc(NC)c1Br. The van der Waals surface area contributed by atoms with Crippen molar-refractivity contribution in [2.24, 2.45) is 0 Å². The van der Waals surface area contributed by atoms with Crippen molar-refractivity contribution in [1.29, 1.82) is 0 Å². The fraction of sp³-hybridized carbons (Fsp3) is 0.333. The van der Waals surface area contributed by atoms with Crippen molar-refractivity contribution < 1.29 is 0 Å². The van der Waals surface area contributed by atoms with Crippen LogP contribution in [0.5, 0.6) is 0 Å². The number of hydrogen-bond donors (Lipinski definition) is 1. The number of hydrogen-bond acceptors (Lipinski definition) is 3. The molecule has 0 amide bonds. The Kier molecular flexibility index (Phi) is 4.20. The normalized spacial score (nSPS) is 10.6. The van der Waals surface area contributed by atoms with Crippen molar-refractivity contribution in [2.75, 3.05) is 12.4 Å². The molecule has 4 heteroatoms. The summed E-state index contributed by atoms with van der Waals surface area (Å²) in [5, 5.41) is 3.11. The molecule has 0 aliphatic carbocycles. The maximum absolute atomic E-state index is 4.65. The van der Waals surface area contributed by atoms with Crippen LogP contribution in [0.2, 0.25) is 0 Å². The van der Waals surface area contributed by atoms with Gasteiger partial charge in [0.2, 0.25) is 0 Å². The van der Waals surface area contributed by atoms with Gasteiger partial charge in [0.05, 0.1) is 10.2 Å². The molecular formula is C15H18BrN3. The van der Waals surface area contributed by atoms with Gasteiger partial charge in [0.15, 0.2) is 5.82 Å². The molecule has 0 bridgehead atoms. The molecule has 1 aromatic heterocycles. The number of nitrogens with zero attached hydrogens (tertiary/aromatic N) is 2. The Bertz CT molecular complexity index is 563. The van der Waals surface area contributed by atoms with Crippen molar-refractivity contribution in [3.05, 3.63) is 39.5 Å². The highest BCUT2D eigenvalue weighted by Crippen LogP contribution is 2.28. The van der Waals surface area contributed by atoms with Gasteiger partial charge in [-0.25, -0.2) is 9.97 Å². The molecule has 19 heavy (non-hydrogen) atoms. The zero-order valence-electron chi connectivity index (χ0n) is 11.7. The van der Waals surface area contributed by atoms with E-state index in [4.69, 9.17) is 0 Å². The molecule has 0 fully saturated rings. The summed E-state index contributed by atoms with van der Waals surface area (Å²) >= 11 is 3.55. The standard InChI is InChI=1S/C15H18BrN3/c1-5-12-13(16)15(17-4)19-14(18-12)11-7-9(2)6-10(3)8-11/h6-8H,5H2,1-4H3,(H,17,18,19). The first kappa shape index (κ1) is 14.0. The highest BCUT2D eigenvalue weighted by Gasteiger charge is 2.11. The third kappa shape index (κ3) is 2.95. The second kappa shape index (κ2) is 5.70. The minimum absolute atomic E-state index is 0.774. The molecule has 0 unspecified atom stereocenters. The van der Waals surface area contributed by atoms with Gasteiger partial charge < -0.3 is 5.32 Å². The number of aryl methyl sites for hydroxylation is 3. The molecule has 0 aliphatic heterocycles. The third-order valence-corrected chi connectivity index (χ3v) is 3.80. The maximum atomic E-state index is 4.65. The number of nitrogens with one attached hydrogen (secondary N) is 1. The van der Waals surface area contributed by atoms with Crippen molar-refractivity contribution in [3.63, 3.8) is 0 Å². The summed E-state index contributed by atoms with van der Waals surface area (Å²) in [6.45, 7) is 6.28.